The number of benzene rings is 2. The van der Waals surface area contributed by atoms with Gasteiger partial charge in [-0.05, 0) is 55.8 Å². The van der Waals surface area contributed by atoms with Crippen molar-refractivity contribution in [1.29, 1.82) is 0 Å². The van der Waals surface area contributed by atoms with Gasteiger partial charge in [0.05, 0.1) is 0 Å². The van der Waals surface area contributed by atoms with Gasteiger partial charge in [-0.1, -0.05) is 33.3 Å². The second-order valence-corrected chi connectivity index (χ2v) is 7.16. The SMILES string of the molecule is CCCCN(CC)c1ccc(C(=O)Nc2cccc(NC(=O)C(C)C)c2)cc1. The van der Waals surface area contributed by atoms with Crippen LogP contribution in [0, 0.1) is 5.92 Å². The summed E-state index contributed by atoms with van der Waals surface area (Å²) >= 11 is 0. The molecule has 5 heteroatoms. The van der Waals surface area contributed by atoms with E-state index < -0.39 is 0 Å². The molecule has 2 aromatic rings. The standard InChI is InChI=1S/C23H31N3O2/c1-5-7-15-26(6-2)21-13-11-18(12-14-21)23(28)25-20-10-8-9-19(16-20)24-22(27)17(3)4/h8-14,16-17H,5-7,15H2,1-4H3,(H,24,27)(H,25,28). The zero-order chi connectivity index (χ0) is 20.5. The molecule has 0 aromatic heterocycles. The molecule has 5 nitrogen and oxygen atoms in total. The fraction of sp³-hybridized carbons (Fsp3) is 0.391. The van der Waals surface area contributed by atoms with Crippen molar-refractivity contribution in [3.8, 4) is 0 Å². The molecule has 0 unspecified atom stereocenters. The molecule has 0 spiro atoms. The van der Waals surface area contributed by atoms with Crippen LogP contribution in [0.2, 0.25) is 0 Å². The van der Waals surface area contributed by atoms with Crippen LogP contribution in [0.25, 0.3) is 0 Å². The summed E-state index contributed by atoms with van der Waals surface area (Å²) in [6.45, 7) is 9.97. The van der Waals surface area contributed by atoms with Crippen LogP contribution >= 0.6 is 0 Å². The van der Waals surface area contributed by atoms with Crippen molar-refractivity contribution in [3.05, 3.63) is 54.1 Å². The summed E-state index contributed by atoms with van der Waals surface area (Å²) < 4.78 is 0. The third-order valence-electron chi connectivity index (χ3n) is 4.57. The van der Waals surface area contributed by atoms with Crippen LogP contribution in [0.5, 0.6) is 0 Å². The van der Waals surface area contributed by atoms with E-state index in [4.69, 9.17) is 0 Å². The largest absolute Gasteiger partial charge is 0.372 e. The summed E-state index contributed by atoms with van der Waals surface area (Å²) in [7, 11) is 0. The lowest BCUT2D eigenvalue weighted by molar-refractivity contribution is -0.118. The van der Waals surface area contributed by atoms with E-state index in [1.54, 1.807) is 18.2 Å². The molecule has 0 heterocycles. The first-order valence-electron chi connectivity index (χ1n) is 10.0. The van der Waals surface area contributed by atoms with Gasteiger partial charge in [-0.3, -0.25) is 9.59 Å². The van der Waals surface area contributed by atoms with Gasteiger partial charge in [-0.25, -0.2) is 0 Å². The molecule has 0 saturated heterocycles. The molecular formula is C23H31N3O2. The first kappa shape index (κ1) is 21.5. The molecular weight excluding hydrogens is 350 g/mol. The van der Waals surface area contributed by atoms with Crippen molar-refractivity contribution < 1.29 is 9.59 Å². The highest BCUT2D eigenvalue weighted by Gasteiger charge is 2.10. The predicted molar refractivity (Wildman–Crippen MR) is 117 cm³/mol. The maximum Gasteiger partial charge on any atom is 0.255 e. The number of amides is 2. The third-order valence-corrected chi connectivity index (χ3v) is 4.57. The molecule has 0 radical (unpaired) electrons. The van der Waals surface area contributed by atoms with Gasteiger partial charge in [-0.15, -0.1) is 0 Å². The van der Waals surface area contributed by atoms with Crippen molar-refractivity contribution in [2.75, 3.05) is 28.6 Å². The topological polar surface area (TPSA) is 61.4 Å². The van der Waals surface area contributed by atoms with Gasteiger partial charge in [0, 0.05) is 41.6 Å². The second-order valence-electron chi connectivity index (χ2n) is 7.16. The smallest absolute Gasteiger partial charge is 0.255 e. The monoisotopic (exact) mass is 381 g/mol. The van der Waals surface area contributed by atoms with Crippen molar-refractivity contribution >= 4 is 28.9 Å². The van der Waals surface area contributed by atoms with E-state index in [1.165, 1.54) is 0 Å². The normalized spacial score (nSPS) is 10.6. The molecule has 28 heavy (non-hydrogen) atoms. The van der Waals surface area contributed by atoms with Gasteiger partial charge in [0.15, 0.2) is 0 Å². The van der Waals surface area contributed by atoms with Crippen molar-refractivity contribution in [1.82, 2.24) is 0 Å². The zero-order valence-corrected chi connectivity index (χ0v) is 17.3. The summed E-state index contributed by atoms with van der Waals surface area (Å²) in [5, 5.41) is 5.74. The molecule has 2 N–H and O–H groups in total. The second kappa shape index (κ2) is 10.5. The Labute approximate surface area is 168 Å². The van der Waals surface area contributed by atoms with Crippen molar-refractivity contribution in [3.63, 3.8) is 0 Å². The molecule has 0 bridgehead atoms. The van der Waals surface area contributed by atoms with E-state index in [9.17, 15) is 9.59 Å². The number of carbonyl (C=O) groups is 2. The first-order valence-corrected chi connectivity index (χ1v) is 10.0. The Morgan fingerprint density at radius 3 is 2.18 bits per heavy atom. The van der Waals surface area contributed by atoms with Crippen LogP contribution in [-0.2, 0) is 4.79 Å². The molecule has 150 valence electrons. The molecule has 2 rings (SSSR count). The summed E-state index contributed by atoms with van der Waals surface area (Å²) in [6, 6.07) is 14.9. The van der Waals surface area contributed by atoms with E-state index in [-0.39, 0.29) is 17.7 Å². The summed E-state index contributed by atoms with van der Waals surface area (Å²) in [5.74, 6) is -0.324. The summed E-state index contributed by atoms with van der Waals surface area (Å²) in [6.07, 6.45) is 2.31. The Balaban J connectivity index is 2.03. The highest BCUT2D eigenvalue weighted by atomic mass is 16.2. The Morgan fingerprint density at radius 2 is 1.61 bits per heavy atom. The first-order chi connectivity index (χ1) is 13.4. The lowest BCUT2D eigenvalue weighted by Gasteiger charge is -2.23. The lowest BCUT2D eigenvalue weighted by atomic mass is 10.1. The van der Waals surface area contributed by atoms with Gasteiger partial charge in [-0.2, -0.15) is 0 Å². The minimum absolute atomic E-state index is 0.0531. The molecule has 0 aliphatic carbocycles. The Hall–Kier alpha value is -2.82. The molecule has 0 fully saturated rings. The van der Waals surface area contributed by atoms with Crippen LogP contribution < -0.4 is 15.5 Å². The average Bonchev–Trinajstić information content (AvgIpc) is 2.69. The van der Waals surface area contributed by atoms with Crippen LogP contribution in [0.4, 0.5) is 17.1 Å². The molecule has 0 aliphatic heterocycles. The van der Waals surface area contributed by atoms with E-state index in [0.717, 1.165) is 31.6 Å². The number of nitrogens with zero attached hydrogens (tertiary/aromatic N) is 1. The summed E-state index contributed by atoms with van der Waals surface area (Å²) in [5.41, 5.74) is 3.05. The number of anilines is 3. The van der Waals surface area contributed by atoms with Crippen LogP contribution in [0.1, 0.15) is 50.9 Å². The van der Waals surface area contributed by atoms with Gasteiger partial charge < -0.3 is 15.5 Å². The van der Waals surface area contributed by atoms with Crippen LogP contribution in [-0.4, -0.2) is 24.9 Å². The quantitative estimate of drug-likeness (QED) is 0.631. The average molecular weight is 382 g/mol. The van der Waals surface area contributed by atoms with E-state index in [0.29, 0.717) is 16.9 Å². The molecule has 2 aromatic carbocycles. The number of carbonyl (C=O) groups excluding carboxylic acids is 2. The van der Waals surface area contributed by atoms with Gasteiger partial charge in [0.25, 0.3) is 5.91 Å². The van der Waals surface area contributed by atoms with Gasteiger partial charge in [0.1, 0.15) is 0 Å². The highest BCUT2D eigenvalue weighted by molar-refractivity contribution is 6.05. The fourth-order valence-corrected chi connectivity index (χ4v) is 2.81. The zero-order valence-electron chi connectivity index (χ0n) is 17.3. The predicted octanol–water partition coefficient (Wildman–Crippen LogP) is 5.16. The van der Waals surface area contributed by atoms with Gasteiger partial charge >= 0.3 is 0 Å². The van der Waals surface area contributed by atoms with E-state index >= 15 is 0 Å². The fourth-order valence-electron chi connectivity index (χ4n) is 2.81. The van der Waals surface area contributed by atoms with Crippen LogP contribution in [0.3, 0.4) is 0 Å². The number of nitrogens with one attached hydrogen (secondary N) is 2. The highest BCUT2D eigenvalue weighted by Crippen LogP contribution is 2.19. The van der Waals surface area contributed by atoms with Gasteiger partial charge in [0.2, 0.25) is 5.91 Å². The van der Waals surface area contributed by atoms with Crippen molar-refractivity contribution in [2.24, 2.45) is 5.92 Å². The molecule has 2 amide bonds. The Morgan fingerprint density at radius 1 is 0.964 bits per heavy atom. The molecule has 0 atom stereocenters. The molecule has 0 saturated carbocycles. The number of hydrogen-bond acceptors (Lipinski definition) is 3. The summed E-state index contributed by atoms with van der Waals surface area (Å²) in [4.78, 5) is 26.7. The van der Waals surface area contributed by atoms with Crippen molar-refractivity contribution in [2.45, 2.75) is 40.5 Å². The number of unbranched alkanes of at least 4 members (excludes halogenated alkanes) is 1. The molecule has 0 aliphatic rings. The minimum atomic E-state index is -0.171. The Kier molecular flexibility index (Phi) is 8.05. The lowest BCUT2D eigenvalue weighted by Crippen LogP contribution is -2.23. The van der Waals surface area contributed by atoms with Crippen LogP contribution in [0.15, 0.2) is 48.5 Å². The minimum Gasteiger partial charge on any atom is -0.372 e. The third kappa shape index (κ3) is 6.12. The Bertz CT molecular complexity index is 785. The number of rotatable bonds is 9. The number of hydrogen-bond donors (Lipinski definition) is 2. The maximum atomic E-state index is 12.6. The van der Waals surface area contributed by atoms with E-state index in [2.05, 4.69) is 29.4 Å². The van der Waals surface area contributed by atoms with E-state index in [1.807, 2.05) is 44.2 Å². The maximum absolute atomic E-state index is 12.6.